The van der Waals surface area contributed by atoms with Crippen molar-refractivity contribution >= 4 is 11.3 Å². The van der Waals surface area contributed by atoms with Gasteiger partial charge in [-0.05, 0) is 52.0 Å². The number of nitrogens with zero attached hydrogens (tertiary/aromatic N) is 2. The molecule has 1 aliphatic heterocycles. The predicted octanol–water partition coefficient (Wildman–Crippen LogP) is 2.69. The summed E-state index contributed by atoms with van der Waals surface area (Å²) in [5.41, 5.74) is 1.53. The Morgan fingerprint density at radius 1 is 1.40 bits per heavy atom. The van der Waals surface area contributed by atoms with Crippen LogP contribution in [0.25, 0.3) is 0 Å². The van der Waals surface area contributed by atoms with Gasteiger partial charge in [-0.1, -0.05) is 6.92 Å². The van der Waals surface area contributed by atoms with Crippen molar-refractivity contribution in [3.63, 3.8) is 0 Å². The zero-order chi connectivity index (χ0) is 13.7. The van der Waals surface area contributed by atoms with Gasteiger partial charge < -0.3 is 5.32 Å². The van der Waals surface area contributed by atoms with Crippen LogP contribution in [0.4, 0.5) is 0 Å². The van der Waals surface area contributed by atoms with Crippen molar-refractivity contribution in [2.45, 2.75) is 70.0 Å². The summed E-state index contributed by atoms with van der Waals surface area (Å²) >= 11 is 1.99. The van der Waals surface area contributed by atoms with Crippen molar-refractivity contribution in [1.82, 2.24) is 15.2 Å². The van der Waals surface area contributed by atoms with Gasteiger partial charge in [0, 0.05) is 23.5 Å². The number of hydrogen-bond donors (Lipinski definition) is 1. The fourth-order valence-electron chi connectivity index (χ4n) is 4.14. The Balaban J connectivity index is 1.65. The summed E-state index contributed by atoms with van der Waals surface area (Å²) in [6.07, 6.45) is 7.81. The number of likely N-dealkylation sites (tertiary alicyclic amines) is 1. The van der Waals surface area contributed by atoms with Gasteiger partial charge in [-0.2, -0.15) is 0 Å². The van der Waals surface area contributed by atoms with Crippen LogP contribution in [0, 0.1) is 0 Å². The van der Waals surface area contributed by atoms with E-state index in [4.69, 9.17) is 4.98 Å². The number of aryl methyl sites for hydroxylation is 2. The molecule has 110 valence electrons. The molecule has 4 rings (SSSR count). The minimum absolute atomic E-state index is 0.131. The molecule has 3 aliphatic rings. The molecule has 0 radical (unpaired) electrons. The topological polar surface area (TPSA) is 28.2 Å². The zero-order valence-corrected chi connectivity index (χ0v) is 13.4. The zero-order valence-electron chi connectivity index (χ0n) is 12.6. The largest absolute Gasteiger partial charge is 0.305 e. The average molecular weight is 291 g/mol. The van der Waals surface area contributed by atoms with Crippen molar-refractivity contribution in [2.75, 3.05) is 13.1 Å². The first kappa shape index (κ1) is 13.2. The Morgan fingerprint density at radius 3 is 2.95 bits per heavy atom. The van der Waals surface area contributed by atoms with Crippen LogP contribution in [0.3, 0.4) is 0 Å². The van der Waals surface area contributed by atoms with E-state index in [9.17, 15) is 0 Å². The van der Waals surface area contributed by atoms with E-state index < -0.39 is 0 Å². The molecular weight excluding hydrogens is 266 g/mol. The minimum Gasteiger partial charge on any atom is -0.305 e. The van der Waals surface area contributed by atoms with Crippen molar-refractivity contribution < 1.29 is 0 Å². The maximum absolute atomic E-state index is 5.04. The molecule has 0 aromatic carbocycles. The van der Waals surface area contributed by atoms with Crippen LogP contribution in [0.1, 0.15) is 55.1 Å². The second-order valence-electron chi connectivity index (χ2n) is 6.81. The first-order valence-electron chi connectivity index (χ1n) is 8.22. The van der Waals surface area contributed by atoms with E-state index in [0.717, 1.165) is 12.6 Å². The molecule has 1 saturated heterocycles. The lowest BCUT2D eigenvalue weighted by atomic mass is 9.97. The van der Waals surface area contributed by atoms with Crippen molar-refractivity contribution in [1.29, 1.82) is 0 Å². The van der Waals surface area contributed by atoms with Crippen molar-refractivity contribution in [3.05, 3.63) is 15.6 Å². The summed E-state index contributed by atoms with van der Waals surface area (Å²) in [7, 11) is 0. The Labute approximate surface area is 125 Å². The first-order valence-corrected chi connectivity index (χ1v) is 9.03. The minimum atomic E-state index is 0.131. The lowest BCUT2D eigenvalue weighted by Gasteiger charge is -2.28. The molecular formula is C16H25N3S. The fraction of sp³-hybridized carbons (Fsp3) is 0.812. The Hall–Kier alpha value is -0.450. The molecule has 1 N–H and O–H groups in total. The second kappa shape index (κ2) is 4.79. The van der Waals surface area contributed by atoms with Gasteiger partial charge in [-0.3, -0.25) is 4.90 Å². The summed E-state index contributed by atoms with van der Waals surface area (Å²) in [6.45, 7) is 6.83. The monoisotopic (exact) mass is 291 g/mol. The number of fused-ring (bicyclic) bond motifs is 1. The quantitative estimate of drug-likeness (QED) is 0.924. The molecule has 1 aromatic rings. The van der Waals surface area contributed by atoms with Gasteiger partial charge in [0.1, 0.15) is 5.01 Å². The van der Waals surface area contributed by atoms with Crippen LogP contribution in [-0.2, 0) is 18.4 Å². The van der Waals surface area contributed by atoms with Crippen LogP contribution < -0.4 is 5.32 Å². The molecule has 2 heterocycles. The number of rotatable bonds is 4. The predicted molar refractivity (Wildman–Crippen MR) is 83.3 cm³/mol. The van der Waals surface area contributed by atoms with Gasteiger partial charge in [-0.25, -0.2) is 4.98 Å². The van der Waals surface area contributed by atoms with Gasteiger partial charge in [0.15, 0.2) is 0 Å². The maximum Gasteiger partial charge on any atom is 0.115 e. The standard InChI is InChI=1S/C16H25N3S/c1-3-17-16(9-11(2)19(10-16)12-7-8-12)15-18-13-5-4-6-14(13)20-15/h11-12,17H,3-10H2,1-2H3. The van der Waals surface area contributed by atoms with Gasteiger partial charge in [0.25, 0.3) is 0 Å². The van der Waals surface area contributed by atoms with E-state index in [1.807, 2.05) is 11.3 Å². The highest BCUT2D eigenvalue weighted by molar-refractivity contribution is 7.12. The van der Waals surface area contributed by atoms with Crippen molar-refractivity contribution in [2.24, 2.45) is 0 Å². The van der Waals surface area contributed by atoms with Crippen LogP contribution in [0.2, 0.25) is 0 Å². The Bertz CT molecular complexity index is 486. The SMILES string of the molecule is CCNC1(c2nc3c(s2)CCC3)CC(C)N(C2CC2)C1. The molecule has 2 unspecified atom stereocenters. The second-order valence-corrected chi connectivity index (χ2v) is 7.90. The van der Waals surface area contributed by atoms with Gasteiger partial charge in [0.05, 0.1) is 11.2 Å². The Morgan fingerprint density at radius 2 is 2.25 bits per heavy atom. The van der Waals surface area contributed by atoms with Crippen LogP contribution in [-0.4, -0.2) is 35.1 Å². The normalized spacial score (nSPS) is 33.8. The molecule has 3 nitrogen and oxygen atoms in total. The van der Waals surface area contributed by atoms with Crippen LogP contribution in [0.5, 0.6) is 0 Å². The fourth-order valence-corrected chi connectivity index (χ4v) is 5.46. The number of hydrogen-bond acceptors (Lipinski definition) is 4. The number of likely N-dealkylation sites (N-methyl/N-ethyl adjacent to an activating group) is 1. The third-order valence-electron chi connectivity index (χ3n) is 5.20. The van der Waals surface area contributed by atoms with Crippen molar-refractivity contribution in [3.8, 4) is 0 Å². The van der Waals surface area contributed by atoms with Gasteiger partial charge >= 0.3 is 0 Å². The molecule has 0 bridgehead atoms. The molecule has 0 spiro atoms. The molecule has 2 aliphatic carbocycles. The molecule has 0 amide bonds. The van der Waals surface area contributed by atoms with Crippen LogP contribution in [0.15, 0.2) is 0 Å². The van der Waals surface area contributed by atoms with Gasteiger partial charge in [-0.15, -0.1) is 11.3 Å². The summed E-state index contributed by atoms with van der Waals surface area (Å²) in [4.78, 5) is 9.34. The Kier molecular flexibility index (Phi) is 3.17. The highest BCUT2D eigenvalue weighted by Gasteiger charge is 2.49. The lowest BCUT2D eigenvalue weighted by Crippen LogP contribution is -2.45. The van der Waals surface area contributed by atoms with E-state index in [0.29, 0.717) is 6.04 Å². The molecule has 1 saturated carbocycles. The molecule has 20 heavy (non-hydrogen) atoms. The summed E-state index contributed by atoms with van der Waals surface area (Å²) in [6, 6.07) is 1.55. The van der Waals surface area contributed by atoms with E-state index in [-0.39, 0.29) is 5.54 Å². The van der Waals surface area contributed by atoms with E-state index in [2.05, 4.69) is 24.1 Å². The van der Waals surface area contributed by atoms with Crippen LogP contribution >= 0.6 is 11.3 Å². The first-order chi connectivity index (χ1) is 9.72. The molecule has 4 heteroatoms. The molecule has 2 atom stereocenters. The summed E-state index contributed by atoms with van der Waals surface area (Å²) < 4.78 is 0. The summed E-state index contributed by atoms with van der Waals surface area (Å²) in [5, 5.41) is 5.19. The third kappa shape index (κ3) is 2.04. The number of aromatic nitrogens is 1. The van der Waals surface area contributed by atoms with E-state index in [1.54, 1.807) is 4.88 Å². The molecule has 2 fully saturated rings. The maximum atomic E-state index is 5.04. The smallest absolute Gasteiger partial charge is 0.115 e. The average Bonchev–Trinajstić information content (AvgIpc) is 2.87. The number of nitrogens with one attached hydrogen (secondary N) is 1. The van der Waals surface area contributed by atoms with Gasteiger partial charge in [0.2, 0.25) is 0 Å². The highest BCUT2D eigenvalue weighted by Crippen LogP contribution is 2.44. The lowest BCUT2D eigenvalue weighted by molar-refractivity contribution is 0.241. The van der Waals surface area contributed by atoms with E-state index in [1.165, 1.54) is 55.8 Å². The summed E-state index contributed by atoms with van der Waals surface area (Å²) in [5.74, 6) is 0. The number of thiazole rings is 1. The molecule has 1 aromatic heterocycles. The third-order valence-corrected chi connectivity index (χ3v) is 6.56. The highest BCUT2D eigenvalue weighted by atomic mass is 32.1. The van der Waals surface area contributed by atoms with E-state index >= 15 is 0 Å².